The molecular weight excluding hydrogens is 308 g/mol. The number of nitrogens with zero attached hydrogens (tertiary/aromatic N) is 4. The van der Waals surface area contributed by atoms with Gasteiger partial charge in [-0.05, 0) is 45.8 Å². The Bertz CT molecular complexity index is 629. The van der Waals surface area contributed by atoms with Crippen LogP contribution in [0.4, 0.5) is 0 Å². The molecule has 7 nitrogen and oxygen atoms in total. The lowest BCUT2D eigenvalue weighted by Crippen LogP contribution is -2.63. The smallest absolute Gasteiger partial charge is 0.311 e. The third-order valence-electron chi connectivity index (χ3n) is 5.63. The molecule has 2 saturated heterocycles. The van der Waals surface area contributed by atoms with E-state index >= 15 is 0 Å². The summed E-state index contributed by atoms with van der Waals surface area (Å²) >= 11 is 0. The minimum Gasteiger partial charge on any atom is -0.481 e. The van der Waals surface area contributed by atoms with E-state index in [0.29, 0.717) is 38.9 Å². The third-order valence-corrected chi connectivity index (χ3v) is 5.63. The summed E-state index contributed by atoms with van der Waals surface area (Å²) < 4.78 is 1.78. The molecule has 0 unspecified atom stereocenters. The SMILES string of the molecule is Cc1ccn(CCC(=O)N2CC[C@@]3(C(=O)O)CCCN(C)[C@@H]3C2)n1. The van der Waals surface area contributed by atoms with E-state index in [0.717, 1.165) is 18.7 Å². The Labute approximate surface area is 142 Å². The van der Waals surface area contributed by atoms with Crippen LogP contribution in [0, 0.1) is 12.3 Å². The Morgan fingerprint density at radius 3 is 2.83 bits per heavy atom. The van der Waals surface area contributed by atoms with Gasteiger partial charge in [0.05, 0.1) is 11.1 Å². The van der Waals surface area contributed by atoms with Crippen LogP contribution in [0.3, 0.4) is 0 Å². The minimum atomic E-state index is -0.710. The molecule has 24 heavy (non-hydrogen) atoms. The van der Waals surface area contributed by atoms with Gasteiger partial charge in [0.2, 0.25) is 5.91 Å². The van der Waals surface area contributed by atoms with Crippen LogP contribution in [0.15, 0.2) is 12.3 Å². The number of carboxylic acids is 1. The summed E-state index contributed by atoms with van der Waals surface area (Å²) in [5.41, 5.74) is 0.249. The molecule has 3 heterocycles. The largest absolute Gasteiger partial charge is 0.481 e. The molecule has 7 heteroatoms. The van der Waals surface area contributed by atoms with E-state index in [4.69, 9.17) is 0 Å². The Balaban J connectivity index is 1.64. The van der Waals surface area contributed by atoms with Crippen molar-refractivity contribution in [1.82, 2.24) is 19.6 Å². The fourth-order valence-electron chi connectivity index (χ4n) is 4.17. The van der Waals surface area contributed by atoms with Gasteiger partial charge in [0.15, 0.2) is 0 Å². The average molecular weight is 334 g/mol. The number of aromatic nitrogens is 2. The van der Waals surface area contributed by atoms with Crippen molar-refractivity contribution in [2.45, 2.75) is 45.2 Å². The normalized spacial score (nSPS) is 27.8. The van der Waals surface area contributed by atoms with Crippen molar-refractivity contribution in [3.05, 3.63) is 18.0 Å². The van der Waals surface area contributed by atoms with E-state index in [9.17, 15) is 14.7 Å². The molecule has 3 rings (SSSR count). The summed E-state index contributed by atoms with van der Waals surface area (Å²) in [7, 11) is 1.97. The van der Waals surface area contributed by atoms with Gasteiger partial charge in [-0.15, -0.1) is 0 Å². The van der Waals surface area contributed by atoms with Gasteiger partial charge in [-0.25, -0.2) is 0 Å². The van der Waals surface area contributed by atoms with Gasteiger partial charge in [-0.3, -0.25) is 14.3 Å². The number of rotatable bonds is 4. The number of carboxylic acid groups (broad SMARTS) is 1. The summed E-state index contributed by atoms with van der Waals surface area (Å²) in [4.78, 5) is 28.4. The highest BCUT2D eigenvalue weighted by molar-refractivity contribution is 5.79. The van der Waals surface area contributed by atoms with Crippen molar-refractivity contribution < 1.29 is 14.7 Å². The second-order valence-corrected chi connectivity index (χ2v) is 7.12. The minimum absolute atomic E-state index is 0.0844. The second-order valence-electron chi connectivity index (χ2n) is 7.12. The fraction of sp³-hybridized carbons (Fsp3) is 0.706. The maximum absolute atomic E-state index is 12.6. The molecule has 132 valence electrons. The number of carbonyl (C=O) groups is 2. The molecule has 0 aromatic carbocycles. The van der Waals surface area contributed by atoms with E-state index in [2.05, 4.69) is 10.00 Å². The van der Waals surface area contributed by atoms with E-state index < -0.39 is 11.4 Å². The predicted molar refractivity (Wildman–Crippen MR) is 88.5 cm³/mol. The molecule has 1 aromatic rings. The first-order valence-corrected chi connectivity index (χ1v) is 8.64. The van der Waals surface area contributed by atoms with Gasteiger partial charge in [0, 0.05) is 38.3 Å². The van der Waals surface area contributed by atoms with Crippen LogP contribution in [0.25, 0.3) is 0 Å². The summed E-state index contributed by atoms with van der Waals surface area (Å²) in [6, 6.07) is 1.83. The molecule has 1 N–H and O–H groups in total. The van der Waals surface area contributed by atoms with Crippen molar-refractivity contribution in [2.75, 3.05) is 26.7 Å². The van der Waals surface area contributed by atoms with Crippen LogP contribution in [-0.2, 0) is 16.1 Å². The number of hydrogen-bond acceptors (Lipinski definition) is 4. The van der Waals surface area contributed by atoms with Crippen molar-refractivity contribution in [2.24, 2.45) is 5.41 Å². The van der Waals surface area contributed by atoms with E-state index in [-0.39, 0.29) is 11.9 Å². The number of fused-ring (bicyclic) bond motifs is 1. The first-order chi connectivity index (χ1) is 11.4. The molecule has 0 saturated carbocycles. The molecule has 2 aliphatic rings. The third kappa shape index (κ3) is 3.05. The molecule has 2 atom stereocenters. The zero-order chi connectivity index (χ0) is 17.3. The molecule has 2 aliphatic heterocycles. The summed E-state index contributed by atoms with van der Waals surface area (Å²) in [6.07, 6.45) is 4.45. The lowest BCUT2D eigenvalue weighted by Gasteiger charge is -2.51. The highest BCUT2D eigenvalue weighted by Gasteiger charge is 2.52. The van der Waals surface area contributed by atoms with Crippen LogP contribution in [0.5, 0.6) is 0 Å². The predicted octanol–water partition coefficient (Wildman–Crippen LogP) is 0.979. The molecule has 0 spiro atoms. The quantitative estimate of drug-likeness (QED) is 0.888. The van der Waals surface area contributed by atoms with E-state index in [1.54, 1.807) is 4.68 Å². The van der Waals surface area contributed by atoms with Gasteiger partial charge in [0.25, 0.3) is 0 Å². The van der Waals surface area contributed by atoms with Gasteiger partial charge >= 0.3 is 5.97 Å². The highest BCUT2D eigenvalue weighted by atomic mass is 16.4. The topological polar surface area (TPSA) is 78.7 Å². The lowest BCUT2D eigenvalue weighted by atomic mass is 9.68. The number of likely N-dealkylation sites (tertiary alicyclic amines) is 2. The van der Waals surface area contributed by atoms with Gasteiger partial charge < -0.3 is 14.9 Å². The Morgan fingerprint density at radius 2 is 2.17 bits per heavy atom. The molecule has 2 fully saturated rings. The zero-order valence-corrected chi connectivity index (χ0v) is 14.4. The Kier molecular flexibility index (Phi) is 4.62. The van der Waals surface area contributed by atoms with Gasteiger partial charge in [-0.2, -0.15) is 5.10 Å². The molecule has 1 aromatic heterocycles. The summed E-state index contributed by atoms with van der Waals surface area (Å²) in [6.45, 7) is 4.43. The van der Waals surface area contributed by atoms with Crippen LogP contribution in [0.1, 0.15) is 31.4 Å². The molecular formula is C17H26N4O3. The van der Waals surface area contributed by atoms with Crippen LogP contribution in [0.2, 0.25) is 0 Å². The van der Waals surface area contributed by atoms with Crippen molar-refractivity contribution in [3.8, 4) is 0 Å². The first kappa shape index (κ1) is 17.0. The van der Waals surface area contributed by atoms with E-state index in [1.807, 2.05) is 31.1 Å². The molecule has 0 bridgehead atoms. The average Bonchev–Trinajstić information content (AvgIpc) is 2.98. The number of aliphatic carboxylic acids is 1. The zero-order valence-electron chi connectivity index (χ0n) is 14.4. The van der Waals surface area contributed by atoms with Gasteiger partial charge in [-0.1, -0.05) is 0 Å². The summed E-state index contributed by atoms with van der Waals surface area (Å²) in [5, 5.41) is 14.1. The van der Waals surface area contributed by atoms with Crippen molar-refractivity contribution in [1.29, 1.82) is 0 Å². The number of aryl methyl sites for hydroxylation is 2. The molecule has 1 amide bonds. The first-order valence-electron chi connectivity index (χ1n) is 8.64. The maximum atomic E-state index is 12.6. The van der Waals surface area contributed by atoms with Crippen molar-refractivity contribution in [3.63, 3.8) is 0 Å². The van der Waals surface area contributed by atoms with Gasteiger partial charge in [0.1, 0.15) is 0 Å². The lowest BCUT2D eigenvalue weighted by molar-refractivity contribution is -0.165. The van der Waals surface area contributed by atoms with E-state index in [1.165, 1.54) is 0 Å². The number of likely N-dealkylation sites (N-methyl/N-ethyl adjacent to an activating group) is 1. The number of hydrogen-bond donors (Lipinski definition) is 1. The Hall–Kier alpha value is -1.89. The fourth-order valence-corrected chi connectivity index (χ4v) is 4.17. The standard InChI is InChI=1S/C17H26N4O3/c1-13-4-9-21(18-13)10-5-15(22)20-11-7-17(16(23)24)6-3-8-19(2)14(17)12-20/h4,9,14H,3,5-8,10-12H2,1-2H3,(H,23,24)/t14-,17+/m1/s1. The maximum Gasteiger partial charge on any atom is 0.311 e. The van der Waals surface area contributed by atoms with Crippen molar-refractivity contribution >= 4 is 11.9 Å². The Morgan fingerprint density at radius 1 is 1.38 bits per heavy atom. The number of amides is 1. The second kappa shape index (κ2) is 6.55. The number of carbonyl (C=O) groups excluding carboxylic acids is 1. The highest BCUT2D eigenvalue weighted by Crippen LogP contribution is 2.42. The monoisotopic (exact) mass is 334 g/mol. The molecule has 0 aliphatic carbocycles. The van der Waals surface area contributed by atoms with Crippen LogP contribution < -0.4 is 0 Å². The van der Waals surface area contributed by atoms with Crippen LogP contribution >= 0.6 is 0 Å². The van der Waals surface area contributed by atoms with Crippen LogP contribution in [-0.4, -0.2) is 69.3 Å². The molecule has 0 radical (unpaired) electrons. The summed E-state index contributed by atoms with van der Waals surface area (Å²) in [5.74, 6) is -0.626. The number of piperidine rings is 2.